The second kappa shape index (κ2) is 12.3. The molecule has 54 heavy (non-hydrogen) atoms. The predicted octanol–water partition coefficient (Wildman–Crippen LogP) is 11.6. The predicted molar refractivity (Wildman–Crippen MR) is 216 cm³/mol. The Bertz CT molecular complexity index is 2870. The fraction of sp³-hybridized carbons (Fsp3) is 0.0200. The first kappa shape index (κ1) is 31.2. The van der Waals surface area contributed by atoms with Gasteiger partial charge in [0.2, 0.25) is 0 Å². The van der Waals surface area contributed by atoms with Gasteiger partial charge in [-0.2, -0.15) is 10.5 Å². The van der Waals surface area contributed by atoms with Gasteiger partial charge in [0.05, 0.1) is 56.8 Å². The van der Waals surface area contributed by atoms with E-state index in [2.05, 4.69) is 150 Å². The van der Waals surface area contributed by atoms with Crippen molar-refractivity contribution in [2.24, 2.45) is 0 Å². The summed E-state index contributed by atoms with van der Waals surface area (Å²) >= 11 is 0. The van der Waals surface area contributed by atoms with Gasteiger partial charge in [0.25, 0.3) is 0 Å². The molecule has 0 atom stereocenters. The third kappa shape index (κ3) is 4.65. The molecule has 1 aliphatic rings. The van der Waals surface area contributed by atoms with Crippen molar-refractivity contribution >= 4 is 21.8 Å². The lowest BCUT2D eigenvalue weighted by atomic mass is 9.67. The van der Waals surface area contributed by atoms with Crippen LogP contribution in [0.25, 0.3) is 61.1 Å². The molecule has 0 saturated heterocycles. The van der Waals surface area contributed by atoms with Crippen LogP contribution in [0.4, 0.5) is 0 Å². The number of hydrogen-bond acceptors (Lipinski definition) is 3. The lowest BCUT2D eigenvalue weighted by molar-refractivity contribution is 0.769. The number of nitriles is 2. The first-order valence-corrected chi connectivity index (χ1v) is 18.0. The Hall–Kier alpha value is -7.53. The minimum Gasteiger partial charge on any atom is -0.309 e. The highest BCUT2D eigenvalue weighted by atomic mass is 15.0. The molecular formula is C50H30N4. The van der Waals surface area contributed by atoms with Gasteiger partial charge in [-0.15, -0.1) is 0 Å². The Balaban J connectivity index is 1.28. The first-order chi connectivity index (χ1) is 26.7. The largest absolute Gasteiger partial charge is 0.309 e. The van der Waals surface area contributed by atoms with Gasteiger partial charge in [-0.05, 0) is 81.9 Å². The van der Waals surface area contributed by atoms with E-state index < -0.39 is 5.41 Å². The summed E-state index contributed by atoms with van der Waals surface area (Å²) in [6, 6.07) is 68.0. The fourth-order valence-corrected chi connectivity index (χ4v) is 8.57. The molecule has 1 aliphatic carbocycles. The number of benzene rings is 7. The normalized spacial score (nSPS) is 12.6. The molecule has 0 radical (unpaired) electrons. The Kier molecular flexibility index (Phi) is 7.12. The highest BCUT2D eigenvalue weighted by molar-refractivity contribution is 6.10. The topological polar surface area (TPSA) is 65.4 Å². The molecule has 4 heteroatoms. The van der Waals surface area contributed by atoms with Crippen molar-refractivity contribution in [2.75, 3.05) is 0 Å². The SMILES string of the molecule is N#Cc1ccc(-c2cc(-n3c4ccccc4c4ccc(C5(c6ccccc6)c6ccccc6-c6ccccc65)cc43)cc(-c3ccc(C#N)cc3)n2)cc1. The third-order valence-corrected chi connectivity index (χ3v) is 11.0. The van der Waals surface area contributed by atoms with Gasteiger partial charge in [0.1, 0.15) is 0 Å². The first-order valence-electron chi connectivity index (χ1n) is 18.0. The summed E-state index contributed by atoms with van der Waals surface area (Å²) in [6.45, 7) is 0. The molecule has 4 nitrogen and oxygen atoms in total. The summed E-state index contributed by atoms with van der Waals surface area (Å²) in [5.74, 6) is 0. The van der Waals surface area contributed by atoms with E-state index in [1.54, 1.807) is 0 Å². The lowest BCUT2D eigenvalue weighted by Gasteiger charge is -2.34. The summed E-state index contributed by atoms with van der Waals surface area (Å²) in [6.07, 6.45) is 0. The minimum atomic E-state index is -0.538. The number of pyridine rings is 1. The molecule has 7 aromatic carbocycles. The van der Waals surface area contributed by atoms with Crippen LogP contribution in [0.1, 0.15) is 33.4 Å². The molecule has 0 unspecified atom stereocenters. The van der Waals surface area contributed by atoms with E-state index in [9.17, 15) is 10.5 Å². The van der Waals surface area contributed by atoms with Crippen LogP contribution in [0.2, 0.25) is 0 Å². The smallest absolute Gasteiger partial charge is 0.0991 e. The maximum atomic E-state index is 9.51. The van der Waals surface area contributed by atoms with Crippen LogP contribution in [0.5, 0.6) is 0 Å². The fourth-order valence-electron chi connectivity index (χ4n) is 8.57. The zero-order valence-electron chi connectivity index (χ0n) is 29.1. The van der Waals surface area contributed by atoms with Crippen molar-refractivity contribution in [3.8, 4) is 51.5 Å². The quantitative estimate of drug-likeness (QED) is 0.181. The van der Waals surface area contributed by atoms with Crippen LogP contribution in [-0.4, -0.2) is 9.55 Å². The molecule has 2 heterocycles. The highest BCUT2D eigenvalue weighted by Gasteiger charge is 2.46. The van der Waals surface area contributed by atoms with Crippen molar-refractivity contribution in [1.82, 2.24) is 9.55 Å². The number of fused-ring (bicyclic) bond motifs is 6. The van der Waals surface area contributed by atoms with E-state index in [-0.39, 0.29) is 0 Å². The molecule has 0 amide bonds. The van der Waals surface area contributed by atoms with Gasteiger partial charge in [-0.1, -0.05) is 133 Å². The average molecular weight is 687 g/mol. The van der Waals surface area contributed by atoms with Crippen LogP contribution in [0.15, 0.2) is 182 Å². The summed E-state index contributed by atoms with van der Waals surface area (Å²) in [5, 5.41) is 21.4. The number of hydrogen-bond donors (Lipinski definition) is 0. The van der Waals surface area contributed by atoms with Crippen LogP contribution < -0.4 is 0 Å². The monoisotopic (exact) mass is 686 g/mol. The molecule has 0 saturated carbocycles. The third-order valence-electron chi connectivity index (χ3n) is 11.0. The molecule has 0 bridgehead atoms. The highest BCUT2D eigenvalue weighted by Crippen LogP contribution is 2.56. The number of aromatic nitrogens is 2. The Labute approximate surface area is 313 Å². The van der Waals surface area contributed by atoms with Crippen LogP contribution in [0.3, 0.4) is 0 Å². The number of para-hydroxylation sites is 1. The minimum absolute atomic E-state index is 0.538. The molecule has 250 valence electrons. The Morgan fingerprint density at radius 3 is 1.56 bits per heavy atom. The van der Waals surface area contributed by atoms with E-state index >= 15 is 0 Å². The summed E-state index contributed by atoms with van der Waals surface area (Å²) in [5.41, 5.74) is 14.7. The second-order valence-corrected chi connectivity index (χ2v) is 13.8. The van der Waals surface area contributed by atoms with Crippen molar-refractivity contribution in [1.29, 1.82) is 10.5 Å². The molecule has 9 aromatic rings. The zero-order valence-corrected chi connectivity index (χ0v) is 29.1. The average Bonchev–Trinajstić information content (AvgIpc) is 3.74. The van der Waals surface area contributed by atoms with E-state index in [0.717, 1.165) is 50.0 Å². The van der Waals surface area contributed by atoms with Crippen molar-refractivity contribution in [3.05, 3.63) is 215 Å². The van der Waals surface area contributed by atoms with Crippen LogP contribution >= 0.6 is 0 Å². The molecule has 10 rings (SSSR count). The van der Waals surface area contributed by atoms with E-state index in [0.29, 0.717) is 11.1 Å². The Morgan fingerprint density at radius 2 is 0.963 bits per heavy atom. The number of nitrogens with zero attached hydrogens (tertiary/aromatic N) is 4. The summed E-state index contributed by atoms with van der Waals surface area (Å²) in [7, 11) is 0. The van der Waals surface area contributed by atoms with Gasteiger partial charge < -0.3 is 4.57 Å². The van der Waals surface area contributed by atoms with Gasteiger partial charge in [0.15, 0.2) is 0 Å². The summed E-state index contributed by atoms with van der Waals surface area (Å²) in [4.78, 5) is 5.16. The van der Waals surface area contributed by atoms with E-state index in [1.165, 1.54) is 33.4 Å². The van der Waals surface area contributed by atoms with Crippen LogP contribution in [0, 0.1) is 22.7 Å². The molecule has 0 aliphatic heterocycles. The Morgan fingerprint density at radius 1 is 0.444 bits per heavy atom. The van der Waals surface area contributed by atoms with Crippen molar-refractivity contribution in [3.63, 3.8) is 0 Å². The van der Waals surface area contributed by atoms with Crippen molar-refractivity contribution < 1.29 is 0 Å². The summed E-state index contributed by atoms with van der Waals surface area (Å²) < 4.78 is 2.36. The van der Waals surface area contributed by atoms with E-state index in [4.69, 9.17) is 4.98 Å². The van der Waals surface area contributed by atoms with E-state index in [1.807, 2.05) is 48.5 Å². The van der Waals surface area contributed by atoms with Gasteiger partial charge >= 0.3 is 0 Å². The van der Waals surface area contributed by atoms with Gasteiger partial charge in [0, 0.05) is 21.9 Å². The van der Waals surface area contributed by atoms with Gasteiger partial charge in [-0.3, -0.25) is 0 Å². The zero-order chi connectivity index (χ0) is 36.2. The maximum absolute atomic E-state index is 9.51. The maximum Gasteiger partial charge on any atom is 0.0991 e. The number of rotatable bonds is 5. The van der Waals surface area contributed by atoms with Crippen molar-refractivity contribution in [2.45, 2.75) is 5.41 Å². The molecule has 0 N–H and O–H groups in total. The second-order valence-electron chi connectivity index (χ2n) is 13.8. The molecular weight excluding hydrogens is 657 g/mol. The van der Waals surface area contributed by atoms with Crippen LogP contribution in [-0.2, 0) is 5.41 Å². The standard InChI is InChI=1S/C50H30N4/c51-31-33-18-22-35(23-19-33)46-29-39(30-47(53-46)36-24-20-34(32-52)21-25-36)54-48-17-9-6-14-42(48)43-27-26-38(28-49(43)54)50(37-10-2-1-3-11-37)44-15-7-4-12-40(44)41-13-5-8-16-45(41)50/h1-30H. The molecule has 0 fully saturated rings. The van der Waals surface area contributed by atoms with Gasteiger partial charge in [-0.25, -0.2) is 4.98 Å². The molecule has 0 spiro atoms. The molecule has 2 aromatic heterocycles. The lowest BCUT2D eigenvalue weighted by Crippen LogP contribution is -2.28.